The monoisotopic (exact) mass is 148 g/mol. The van der Waals surface area contributed by atoms with Gasteiger partial charge in [-0.15, -0.1) is 0 Å². The Kier molecular flexibility index (Phi) is 1.29. The van der Waals surface area contributed by atoms with Gasteiger partial charge in [0.1, 0.15) is 5.82 Å². The predicted molar refractivity (Wildman–Crippen MR) is 40.7 cm³/mol. The van der Waals surface area contributed by atoms with Crippen molar-refractivity contribution in [2.45, 2.75) is 6.04 Å². The van der Waals surface area contributed by atoms with Gasteiger partial charge < -0.3 is 10.2 Å². The lowest BCUT2D eigenvalue weighted by molar-refractivity contribution is 0.397. The van der Waals surface area contributed by atoms with Crippen molar-refractivity contribution in [2.75, 3.05) is 13.1 Å². The Morgan fingerprint density at radius 3 is 3.55 bits per heavy atom. The SMILES string of the molecule is N#CC1C=NC=C2NCCN21. The first-order valence-corrected chi connectivity index (χ1v) is 3.55. The lowest BCUT2D eigenvalue weighted by Crippen LogP contribution is -2.34. The fraction of sp³-hybridized carbons (Fsp3) is 0.429. The van der Waals surface area contributed by atoms with E-state index in [0.717, 1.165) is 18.9 Å². The quantitative estimate of drug-likeness (QED) is 0.511. The average molecular weight is 148 g/mol. The summed E-state index contributed by atoms with van der Waals surface area (Å²) >= 11 is 0. The van der Waals surface area contributed by atoms with E-state index in [1.54, 1.807) is 12.4 Å². The van der Waals surface area contributed by atoms with E-state index in [4.69, 9.17) is 5.26 Å². The van der Waals surface area contributed by atoms with Crippen LogP contribution in [0.3, 0.4) is 0 Å². The summed E-state index contributed by atoms with van der Waals surface area (Å²) in [6.07, 6.45) is 3.41. The molecule has 11 heavy (non-hydrogen) atoms. The van der Waals surface area contributed by atoms with Gasteiger partial charge in [-0.1, -0.05) is 0 Å². The van der Waals surface area contributed by atoms with E-state index in [0.29, 0.717) is 0 Å². The van der Waals surface area contributed by atoms with E-state index in [9.17, 15) is 0 Å². The molecule has 0 aliphatic carbocycles. The van der Waals surface area contributed by atoms with Gasteiger partial charge in [0.2, 0.25) is 0 Å². The molecule has 56 valence electrons. The molecule has 0 aromatic carbocycles. The minimum Gasteiger partial charge on any atom is -0.369 e. The third kappa shape index (κ3) is 0.855. The molecule has 0 aromatic rings. The third-order valence-electron chi connectivity index (χ3n) is 1.86. The number of nitrogens with one attached hydrogen (secondary N) is 1. The summed E-state index contributed by atoms with van der Waals surface area (Å²) in [7, 11) is 0. The summed E-state index contributed by atoms with van der Waals surface area (Å²) in [6, 6.07) is 2.00. The Labute approximate surface area is 64.8 Å². The van der Waals surface area contributed by atoms with Gasteiger partial charge in [-0.3, -0.25) is 4.99 Å². The number of aliphatic imine (C=N–C) groups is 1. The molecule has 1 unspecified atom stereocenters. The first-order chi connectivity index (χ1) is 5.42. The second kappa shape index (κ2) is 2.27. The summed E-state index contributed by atoms with van der Waals surface area (Å²) in [5, 5.41) is 11.8. The smallest absolute Gasteiger partial charge is 0.154 e. The first kappa shape index (κ1) is 6.23. The second-order valence-corrected chi connectivity index (χ2v) is 2.51. The van der Waals surface area contributed by atoms with Crippen LogP contribution < -0.4 is 5.32 Å². The maximum atomic E-state index is 8.70. The molecule has 2 aliphatic rings. The van der Waals surface area contributed by atoms with Gasteiger partial charge in [-0.2, -0.15) is 5.26 Å². The van der Waals surface area contributed by atoms with Crippen molar-refractivity contribution in [3.05, 3.63) is 12.0 Å². The highest BCUT2D eigenvalue weighted by atomic mass is 15.3. The van der Waals surface area contributed by atoms with E-state index in [1.165, 1.54) is 0 Å². The van der Waals surface area contributed by atoms with Crippen LogP contribution in [-0.2, 0) is 0 Å². The molecule has 0 amide bonds. The molecule has 0 spiro atoms. The average Bonchev–Trinajstić information content (AvgIpc) is 2.50. The molecule has 2 rings (SSSR count). The number of hydrogen-bond donors (Lipinski definition) is 1. The van der Waals surface area contributed by atoms with Crippen LogP contribution in [-0.4, -0.2) is 30.2 Å². The Bertz CT molecular complexity index is 260. The van der Waals surface area contributed by atoms with Crippen molar-refractivity contribution in [1.82, 2.24) is 10.2 Å². The molecule has 4 heteroatoms. The topological polar surface area (TPSA) is 51.4 Å². The molecule has 2 heterocycles. The fourth-order valence-electron chi connectivity index (χ4n) is 1.31. The maximum absolute atomic E-state index is 8.70. The third-order valence-corrected chi connectivity index (χ3v) is 1.86. The Balaban J connectivity index is 2.27. The largest absolute Gasteiger partial charge is 0.369 e. The summed E-state index contributed by atoms with van der Waals surface area (Å²) in [6.45, 7) is 1.81. The van der Waals surface area contributed by atoms with Crippen LogP contribution >= 0.6 is 0 Å². The van der Waals surface area contributed by atoms with E-state index in [-0.39, 0.29) is 6.04 Å². The van der Waals surface area contributed by atoms with Crippen LogP contribution in [0, 0.1) is 11.3 Å². The van der Waals surface area contributed by atoms with Gasteiger partial charge in [-0.25, -0.2) is 0 Å². The van der Waals surface area contributed by atoms with Crippen LogP contribution in [0.4, 0.5) is 0 Å². The van der Waals surface area contributed by atoms with E-state index < -0.39 is 0 Å². The van der Waals surface area contributed by atoms with Crippen LogP contribution in [0.2, 0.25) is 0 Å². The van der Waals surface area contributed by atoms with Gasteiger partial charge in [0.15, 0.2) is 6.04 Å². The number of nitriles is 1. The number of fused-ring (bicyclic) bond motifs is 1. The van der Waals surface area contributed by atoms with Crippen LogP contribution in [0.15, 0.2) is 17.0 Å². The molecule has 0 bridgehead atoms. The van der Waals surface area contributed by atoms with Crippen molar-refractivity contribution in [1.29, 1.82) is 5.26 Å². The Hall–Kier alpha value is -1.50. The number of nitrogens with zero attached hydrogens (tertiary/aromatic N) is 3. The highest BCUT2D eigenvalue weighted by Crippen LogP contribution is 2.13. The molecular weight excluding hydrogens is 140 g/mol. The standard InChI is InChI=1S/C7H8N4/c8-3-6-4-9-5-7-10-1-2-11(6)7/h4-6,10H,1-2H2. The molecule has 2 aliphatic heterocycles. The number of hydrogen-bond acceptors (Lipinski definition) is 4. The van der Waals surface area contributed by atoms with Gasteiger partial charge in [-0.05, 0) is 0 Å². The van der Waals surface area contributed by atoms with Gasteiger partial charge >= 0.3 is 0 Å². The zero-order valence-corrected chi connectivity index (χ0v) is 5.99. The maximum Gasteiger partial charge on any atom is 0.154 e. The Morgan fingerprint density at radius 2 is 2.73 bits per heavy atom. The van der Waals surface area contributed by atoms with E-state index in [1.807, 2.05) is 4.90 Å². The van der Waals surface area contributed by atoms with Crippen molar-refractivity contribution >= 4 is 6.21 Å². The Morgan fingerprint density at radius 1 is 1.82 bits per heavy atom. The van der Waals surface area contributed by atoms with Crippen molar-refractivity contribution in [3.8, 4) is 6.07 Å². The number of rotatable bonds is 0. The van der Waals surface area contributed by atoms with Gasteiger partial charge in [0, 0.05) is 19.3 Å². The summed E-state index contributed by atoms with van der Waals surface area (Å²) in [5.74, 6) is 0.971. The van der Waals surface area contributed by atoms with Crippen LogP contribution in [0.25, 0.3) is 0 Å². The minimum atomic E-state index is -0.176. The molecule has 4 nitrogen and oxygen atoms in total. The molecular formula is C7H8N4. The highest BCUT2D eigenvalue weighted by molar-refractivity contribution is 5.70. The van der Waals surface area contributed by atoms with E-state index in [2.05, 4.69) is 16.4 Å². The van der Waals surface area contributed by atoms with E-state index >= 15 is 0 Å². The molecule has 1 fully saturated rings. The summed E-state index contributed by atoms with van der Waals surface area (Å²) < 4.78 is 0. The zero-order valence-electron chi connectivity index (χ0n) is 5.99. The van der Waals surface area contributed by atoms with Gasteiger partial charge in [0.05, 0.1) is 12.3 Å². The normalized spacial score (nSPS) is 27.0. The van der Waals surface area contributed by atoms with Gasteiger partial charge in [0.25, 0.3) is 0 Å². The second-order valence-electron chi connectivity index (χ2n) is 2.51. The summed E-state index contributed by atoms with van der Waals surface area (Å²) in [4.78, 5) is 5.97. The lowest BCUT2D eigenvalue weighted by atomic mass is 10.3. The molecule has 0 radical (unpaired) electrons. The molecule has 1 N–H and O–H groups in total. The minimum absolute atomic E-state index is 0.176. The molecule has 0 aromatic heterocycles. The van der Waals surface area contributed by atoms with Crippen LogP contribution in [0.5, 0.6) is 0 Å². The molecule has 1 atom stereocenters. The zero-order chi connectivity index (χ0) is 7.68. The highest BCUT2D eigenvalue weighted by Gasteiger charge is 2.25. The molecule has 1 saturated heterocycles. The predicted octanol–water partition coefficient (Wildman–Crippen LogP) is -0.333. The van der Waals surface area contributed by atoms with Crippen molar-refractivity contribution in [3.63, 3.8) is 0 Å². The molecule has 0 saturated carbocycles. The lowest BCUT2D eigenvalue weighted by Gasteiger charge is -2.22. The first-order valence-electron chi connectivity index (χ1n) is 3.55. The fourth-order valence-corrected chi connectivity index (χ4v) is 1.31. The summed E-state index contributed by atoms with van der Waals surface area (Å²) in [5.41, 5.74) is 0. The van der Waals surface area contributed by atoms with Crippen LogP contribution in [0.1, 0.15) is 0 Å². The van der Waals surface area contributed by atoms with Crippen molar-refractivity contribution < 1.29 is 0 Å². The van der Waals surface area contributed by atoms with Crippen molar-refractivity contribution in [2.24, 2.45) is 4.99 Å².